The monoisotopic (exact) mass is 272 g/mol. The van der Waals surface area contributed by atoms with Gasteiger partial charge in [-0.3, -0.25) is 5.43 Å². The van der Waals surface area contributed by atoms with Crippen molar-refractivity contribution in [1.29, 1.82) is 0 Å². The van der Waals surface area contributed by atoms with Crippen LogP contribution in [-0.4, -0.2) is 12.0 Å². The summed E-state index contributed by atoms with van der Waals surface area (Å²) in [5, 5.41) is 2.52. The number of benzene rings is 1. The van der Waals surface area contributed by atoms with Gasteiger partial charge < -0.3 is 5.32 Å². The van der Waals surface area contributed by atoms with Crippen molar-refractivity contribution >= 4 is 11.6 Å². The highest BCUT2D eigenvalue weighted by Gasteiger charge is 2.16. The topological polar surface area (TPSA) is 62.4 Å². The summed E-state index contributed by atoms with van der Waals surface area (Å²) in [5.74, 6) is 2.13. The Morgan fingerprint density at radius 3 is 2.37 bits per heavy atom. The molecule has 2 rings (SSSR count). The summed E-state index contributed by atoms with van der Waals surface area (Å²) in [6.07, 6.45) is 4.05. The van der Waals surface area contributed by atoms with Crippen molar-refractivity contribution in [1.82, 2.24) is 5.43 Å². The van der Waals surface area contributed by atoms with Crippen LogP contribution in [0, 0.1) is 17.5 Å². The molecule has 0 heterocycles. The minimum Gasteiger partial charge on any atom is -0.323 e. The molecule has 0 radical (unpaired) electrons. The van der Waals surface area contributed by atoms with Gasteiger partial charge in [0.15, 0.2) is 11.6 Å². The minimum absolute atomic E-state index is 0.118. The number of halogens is 3. The third-order valence-electron chi connectivity index (χ3n) is 3.04. The lowest BCUT2D eigenvalue weighted by Gasteiger charge is -2.12. The zero-order valence-electron chi connectivity index (χ0n) is 10.2. The van der Waals surface area contributed by atoms with E-state index in [9.17, 15) is 13.2 Å². The third-order valence-corrected chi connectivity index (χ3v) is 3.04. The zero-order valence-corrected chi connectivity index (χ0v) is 10.2. The summed E-state index contributed by atoms with van der Waals surface area (Å²) >= 11 is 0. The predicted octanol–water partition coefficient (Wildman–Crippen LogP) is 2.28. The summed E-state index contributed by atoms with van der Waals surface area (Å²) < 4.78 is 39.3. The Kier molecular flexibility index (Phi) is 4.26. The Hall–Kier alpha value is -1.76. The second-order valence-corrected chi connectivity index (χ2v) is 4.43. The molecule has 1 aliphatic rings. The molecular formula is C12H15F3N4. The van der Waals surface area contributed by atoms with Crippen LogP contribution < -0.4 is 16.6 Å². The first-order valence-corrected chi connectivity index (χ1v) is 6.06. The summed E-state index contributed by atoms with van der Waals surface area (Å²) in [7, 11) is 0. The number of guanidine groups is 1. The predicted molar refractivity (Wildman–Crippen MR) is 67.0 cm³/mol. The Bertz CT molecular complexity index is 484. The molecule has 0 bridgehead atoms. The summed E-state index contributed by atoms with van der Waals surface area (Å²) in [6, 6.07) is 1.32. The fourth-order valence-electron chi connectivity index (χ4n) is 2.07. The van der Waals surface area contributed by atoms with Crippen molar-refractivity contribution in [3.05, 3.63) is 29.6 Å². The van der Waals surface area contributed by atoms with Gasteiger partial charge in [-0.2, -0.15) is 0 Å². The van der Waals surface area contributed by atoms with Crippen LogP contribution in [-0.2, 0) is 0 Å². The van der Waals surface area contributed by atoms with Gasteiger partial charge in [-0.1, -0.05) is 12.8 Å². The van der Waals surface area contributed by atoms with Gasteiger partial charge in [0.2, 0.25) is 5.96 Å². The summed E-state index contributed by atoms with van der Waals surface area (Å²) in [4.78, 5) is 4.27. The van der Waals surface area contributed by atoms with Crippen LogP contribution in [0.25, 0.3) is 0 Å². The minimum atomic E-state index is -1.24. The molecule has 0 aliphatic heterocycles. The first-order valence-electron chi connectivity index (χ1n) is 6.06. The molecule has 4 N–H and O–H groups in total. The largest absolute Gasteiger partial charge is 0.323 e. The van der Waals surface area contributed by atoms with Gasteiger partial charge in [0.1, 0.15) is 5.82 Å². The smallest absolute Gasteiger partial charge is 0.210 e. The lowest BCUT2D eigenvalue weighted by atomic mass is 10.2. The number of hydrogen-bond acceptors (Lipinski definition) is 2. The molecule has 0 amide bonds. The molecule has 0 spiro atoms. The first kappa shape index (κ1) is 13.7. The van der Waals surface area contributed by atoms with Gasteiger partial charge in [0.05, 0.1) is 11.7 Å². The number of anilines is 1. The fraction of sp³-hybridized carbons (Fsp3) is 0.417. The van der Waals surface area contributed by atoms with Crippen LogP contribution in [0.1, 0.15) is 25.7 Å². The average Bonchev–Trinajstić information content (AvgIpc) is 2.87. The van der Waals surface area contributed by atoms with E-state index in [-0.39, 0.29) is 17.7 Å². The molecule has 1 saturated carbocycles. The normalized spacial score (nSPS) is 16.7. The van der Waals surface area contributed by atoms with E-state index in [2.05, 4.69) is 15.7 Å². The third kappa shape index (κ3) is 3.37. The van der Waals surface area contributed by atoms with Gasteiger partial charge in [-0.25, -0.2) is 24.0 Å². The van der Waals surface area contributed by atoms with E-state index in [0.29, 0.717) is 6.07 Å². The first-order chi connectivity index (χ1) is 9.10. The van der Waals surface area contributed by atoms with Crippen LogP contribution in [0.5, 0.6) is 0 Å². The maximum Gasteiger partial charge on any atom is 0.210 e. The van der Waals surface area contributed by atoms with E-state index < -0.39 is 17.5 Å². The lowest BCUT2D eigenvalue weighted by Crippen LogP contribution is -2.37. The molecule has 4 nitrogen and oxygen atoms in total. The van der Waals surface area contributed by atoms with Crippen molar-refractivity contribution in [3.63, 3.8) is 0 Å². The van der Waals surface area contributed by atoms with Crippen molar-refractivity contribution in [2.24, 2.45) is 10.8 Å². The molecular weight excluding hydrogens is 257 g/mol. The van der Waals surface area contributed by atoms with Crippen molar-refractivity contribution in [3.8, 4) is 0 Å². The van der Waals surface area contributed by atoms with E-state index in [1.54, 1.807) is 0 Å². The average molecular weight is 272 g/mol. The number of aliphatic imine (C=N–C) groups is 1. The van der Waals surface area contributed by atoms with Crippen LogP contribution in [0.3, 0.4) is 0 Å². The van der Waals surface area contributed by atoms with Gasteiger partial charge in [-0.15, -0.1) is 0 Å². The van der Waals surface area contributed by atoms with E-state index in [1.165, 1.54) is 0 Å². The van der Waals surface area contributed by atoms with E-state index in [4.69, 9.17) is 5.84 Å². The Balaban J connectivity index is 2.15. The Labute approximate surface area is 108 Å². The molecule has 0 unspecified atom stereocenters. The molecule has 7 heteroatoms. The van der Waals surface area contributed by atoms with Crippen molar-refractivity contribution in [2.75, 3.05) is 5.32 Å². The standard InChI is InChI=1S/C12H15F3N4/c13-8-5-10(15)11(6-9(8)14)18-12(19-16)17-7-3-1-2-4-7/h5-7H,1-4,16H2,(H2,17,18,19). The molecule has 19 heavy (non-hydrogen) atoms. The summed E-state index contributed by atoms with van der Waals surface area (Å²) in [5.41, 5.74) is 2.08. The Morgan fingerprint density at radius 2 is 1.74 bits per heavy atom. The Morgan fingerprint density at radius 1 is 1.11 bits per heavy atom. The molecule has 1 fully saturated rings. The second-order valence-electron chi connectivity index (χ2n) is 4.43. The highest BCUT2D eigenvalue weighted by molar-refractivity contribution is 5.93. The summed E-state index contributed by atoms with van der Waals surface area (Å²) in [6.45, 7) is 0. The van der Waals surface area contributed by atoms with Crippen LogP contribution in [0.4, 0.5) is 18.9 Å². The van der Waals surface area contributed by atoms with Crippen molar-refractivity contribution in [2.45, 2.75) is 31.7 Å². The molecule has 0 atom stereocenters. The highest BCUT2D eigenvalue weighted by Crippen LogP contribution is 2.22. The lowest BCUT2D eigenvalue weighted by molar-refractivity contribution is 0.496. The maximum atomic E-state index is 13.4. The fourth-order valence-corrected chi connectivity index (χ4v) is 2.07. The van der Waals surface area contributed by atoms with E-state index in [0.717, 1.165) is 31.7 Å². The number of nitrogens with zero attached hydrogens (tertiary/aromatic N) is 1. The number of nitrogens with one attached hydrogen (secondary N) is 2. The molecule has 1 aliphatic carbocycles. The van der Waals surface area contributed by atoms with Gasteiger partial charge >= 0.3 is 0 Å². The second kappa shape index (κ2) is 5.92. The number of rotatable bonds is 2. The molecule has 1 aromatic carbocycles. The van der Waals surface area contributed by atoms with Gasteiger partial charge in [-0.05, 0) is 12.8 Å². The van der Waals surface area contributed by atoms with E-state index >= 15 is 0 Å². The van der Waals surface area contributed by atoms with Crippen LogP contribution >= 0.6 is 0 Å². The number of hydrazine groups is 1. The highest BCUT2D eigenvalue weighted by atomic mass is 19.2. The van der Waals surface area contributed by atoms with Gasteiger partial charge in [0, 0.05) is 12.1 Å². The molecule has 104 valence electrons. The molecule has 0 saturated heterocycles. The number of nitrogens with two attached hydrogens (primary N) is 1. The molecule has 0 aromatic heterocycles. The quantitative estimate of drug-likeness (QED) is 0.254. The number of hydrogen-bond donors (Lipinski definition) is 3. The van der Waals surface area contributed by atoms with Crippen LogP contribution in [0.2, 0.25) is 0 Å². The maximum absolute atomic E-state index is 13.4. The SMILES string of the molecule is NNC(=NC1CCCC1)Nc1cc(F)c(F)cc1F. The van der Waals surface area contributed by atoms with Crippen LogP contribution in [0.15, 0.2) is 17.1 Å². The molecule has 1 aromatic rings. The zero-order chi connectivity index (χ0) is 13.8. The van der Waals surface area contributed by atoms with E-state index in [1.807, 2.05) is 0 Å². The van der Waals surface area contributed by atoms with Crippen molar-refractivity contribution < 1.29 is 13.2 Å². The van der Waals surface area contributed by atoms with Gasteiger partial charge in [0.25, 0.3) is 0 Å².